The fourth-order valence-electron chi connectivity index (χ4n) is 3.01. The molecular weight excluding hydrogens is 387 g/mol. The van der Waals surface area contributed by atoms with Gasteiger partial charge in [0.15, 0.2) is 0 Å². The molecule has 4 aromatic rings. The Labute approximate surface area is 162 Å². The average molecular weight is 401 g/mol. The summed E-state index contributed by atoms with van der Waals surface area (Å²) in [6.45, 7) is 1.88. The molecule has 0 saturated heterocycles. The Morgan fingerprint density at radius 2 is 1.93 bits per heavy atom. The summed E-state index contributed by atoms with van der Waals surface area (Å²) in [5.41, 5.74) is 1.08. The topological polar surface area (TPSA) is 44.0 Å². The third-order valence-electron chi connectivity index (χ3n) is 4.40. The maximum absolute atomic E-state index is 14.0. The standard InChI is InChI=1S/C20H14ClFN2O2S/c1-12-5-6-15(10-16(12)22)24-19(25)18-17(7-8-27-18)23(20(24)26)11-13-3-2-4-14(21)9-13/h2-10H,11H2,1H3. The van der Waals surface area contributed by atoms with Gasteiger partial charge in [0.25, 0.3) is 5.56 Å². The van der Waals surface area contributed by atoms with Crippen LogP contribution in [0.1, 0.15) is 11.1 Å². The summed E-state index contributed by atoms with van der Waals surface area (Å²) in [6, 6.07) is 13.3. The summed E-state index contributed by atoms with van der Waals surface area (Å²) in [4.78, 5) is 26.0. The van der Waals surface area contributed by atoms with Gasteiger partial charge in [0.1, 0.15) is 10.5 Å². The van der Waals surface area contributed by atoms with E-state index in [1.54, 1.807) is 48.7 Å². The number of hydrogen-bond donors (Lipinski definition) is 0. The number of nitrogens with zero attached hydrogens (tertiary/aromatic N) is 2. The van der Waals surface area contributed by atoms with Crippen molar-refractivity contribution in [2.24, 2.45) is 0 Å². The Morgan fingerprint density at radius 3 is 2.67 bits per heavy atom. The van der Waals surface area contributed by atoms with Gasteiger partial charge in [0, 0.05) is 5.02 Å². The van der Waals surface area contributed by atoms with E-state index in [9.17, 15) is 14.0 Å². The molecule has 0 unspecified atom stereocenters. The van der Waals surface area contributed by atoms with Gasteiger partial charge in [-0.15, -0.1) is 11.3 Å². The van der Waals surface area contributed by atoms with Crippen LogP contribution in [0.2, 0.25) is 5.02 Å². The van der Waals surface area contributed by atoms with Crippen LogP contribution in [0, 0.1) is 12.7 Å². The van der Waals surface area contributed by atoms with Gasteiger partial charge in [-0.25, -0.2) is 13.8 Å². The molecule has 0 aliphatic carbocycles. The number of halogens is 2. The van der Waals surface area contributed by atoms with Crippen LogP contribution in [0.15, 0.2) is 63.5 Å². The van der Waals surface area contributed by atoms with Crippen molar-refractivity contribution < 1.29 is 4.39 Å². The van der Waals surface area contributed by atoms with E-state index in [1.807, 2.05) is 6.07 Å². The van der Waals surface area contributed by atoms with Crippen LogP contribution in [-0.4, -0.2) is 9.13 Å². The van der Waals surface area contributed by atoms with E-state index in [2.05, 4.69) is 0 Å². The summed E-state index contributed by atoms with van der Waals surface area (Å²) in [6.07, 6.45) is 0. The van der Waals surface area contributed by atoms with Crippen molar-refractivity contribution >= 4 is 33.2 Å². The van der Waals surface area contributed by atoms with E-state index >= 15 is 0 Å². The molecule has 0 fully saturated rings. The van der Waals surface area contributed by atoms with Gasteiger partial charge in [0.2, 0.25) is 0 Å². The molecule has 0 bridgehead atoms. The highest BCUT2D eigenvalue weighted by molar-refractivity contribution is 7.17. The first kappa shape index (κ1) is 17.7. The predicted molar refractivity (Wildman–Crippen MR) is 107 cm³/mol. The van der Waals surface area contributed by atoms with E-state index in [1.165, 1.54) is 22.0 Å². The number of benzene rings is 2. The Bertz CT molecular complexity index is 1290. The number of aryl methyl sites for hydroxylation is 1. The van der Waals surface area contributed by atoms with Crippen molar-refractivity contribution in [2.45, 2.75) is 13.5 Å². The van der Waals surface area contributed by atoms with Gasteiger partial charge < -0.3 is 0 Å². The molecule has 136 valence electrons. The van der Waals surface area contributed by atoms with Crippen molar-refractivity contribution in [3.05, 3.63) is 96.7 Å². The summed E-state index contributed by atoms with van der Waals surface area (Å²) in [5, 5.41) is 2.33. The normalized spacial score (nSPS) is 11.2. The summed E-state index contributed by atoms with van der Waals surface area (Å²) >= 11 is 7.30. The Hall–Kier alpha value is -2.70. The third kappa shape index (κ3) is 3.11. The lowest BCUT2D eigenvalue weighted by Crippen LogP contribution is -2.38. The minimum Gasteiger partial charge on any atom is -0.288 e. The van der Waals surface area contributed by atoms with Gasteiger partial charge in [0.05, 0.1) is 17.7 Å². The van der Waals surface area contributed by atoms with Crippen LogP contribution >= 0.6 is 22.9 Å². The third-order valence-corrected chi connectivity index (χ3v) is 5.52. The van der Waals surface area contributed by atoms with Crippen molar-refractivity contribution in [3.63, 3.8) is 0 Å². The Balaban J connectivity index is 1.99. The highest BCUT2D eigenvalue weighted by Crippen LogP contribution is 2.19. The lowest BCUT2D eigenvalue weighted by molar-refractivity contribution is 0.615. The van der Waals surface area contributed by atoms with Gasteiger partial charge >= 0.3 is 5.69 Å². The molecule has 0 aliphatic heterocycles. The van der Waals surface area contributed by atoms with Crippen molar-refractivity contribution in [1.82, 2.24) is 9.13 Å². The van der Waals surface area contributed by atoms with Crippen molar-refractivity contribution in [3.8, 4) is 5.69 Å². The smallest absolute Gasteiger partial charge is 0.288 e. The molecule has 0 saturated carbocycles. The molecular formula is C20H14ClFN2O2S. The SMILES string of the molecule is Cc1ccc(-n2c(=O)c3sccc3n(Cc3cccc(Cl)c3)c2=O)cc1F. The second-order valence-corrected chi connectivity index (χ2v) is 7.56. The molecule has 0 aliphatic rings. The molecule has 4 nitrogen and oxygen atoms in total. The number of aromatic nitrogens is 2. The number of fused-ring (bicyclic) bond motifs is 1. The average Bonchev–Trinajstić information content (AvgIpc) is 3.12. The lowest BCUT2D eigenvalue weighted by Gasteiger charge is -2.13. The largest absolute Gasteiger partial charge is 0.336 e. The molecule has 2 aromatic heterocycles. The fourth-order valence-corrected chi connectivity index (χ4v) is 4.04. The van der Waals surface area contributed by atoms with Crippen molar-refractivity contribution in [1.29, 1.82) is 0 Å². The Kier molecular flexibility index (Phi) is 4.45. The first-order valence-corrected chi connectivity index (χ1v) is 9.45. The molecule has 0 radical (unpaired) electrons. The van der Waals surface area contributed by atoms with Gasteiger partial charge in [-0.3, -0.25) is 9.36 Å². The van der Waals surface area contributed by atoms with E-state index in [0.717, 1.165) is 10.1 Å². The molecule has 2 heterocycles. The van der Waals surface area contributed by atoms with E-state index in [0.29, 0.717) is 20.8 Å². The zero-order valence-electron chi connectivity index (χ0n) is 14.3. The number of hydrogen-bond acceptors (Lipinski definition) is 3. The maximum Gasteiger partial charge on any atom is 0.336 e. The van der Waals surface area contributed by atoms with Gasteiger partial charge in [-0.2, -0.15) is 0 Å². The van der Waals surface area contributed by atoms with Crippen LogP contribution in [-0.2, 0) is 6.54 Å². The quantitative estimate of drug-likeness (QED) is 0.512. The molecule has 0 atom stereocenters. The van der Waals surface area contributed by atoms with Gasteiger partial charge in [-0.05, 0) is 53.8 Å². The minimum atomic E-state index is -0.519. The molecule has 7 heteroatoms. The summed E-state index contributed by atoms with van der Waals surface area (Å²) in [7, 11) is 0. The fraction of sp³-hybridized carbons (Fsp3) is 0.100. The van der Waals surface area contributed by atoms with E-state index < -0.39 is 17.1 Å². The molecule has 4 rings (SSSR count). The summed E-state index contributed by atoms with van der Waals surface area (Å²) < 4.78 is 17.0. The van der Waals surface area contributed by atoms with E-state index in [4.69, 9.17) is 11.6 Å². The molecule has 27 heavy (non-hydrogen) atoms. The second-order valence-electron chi connectivity index (χ2n) is 6.21. The highest BCUT2D eigenvalue weighted by Gasteiger charge is 2.16. The minimum absolute atomic E-state index is 0.211. The zero-order valence-corrected chi connectivity index (χ0v) is 15.9. The number of thiophene rings is 1. The second kappa shape index (κ2) is 6.79. The monoisotopic (exact) mass is 400 g/mol. The number of rotatable bonds is 3. The van der Waals surface area contributed by atoms with Crippen LogP contribution < -0.4 is 11.2 Å². The highest BCUT2D eigenvalue weighted by atomic mass is 35.5. The van der Waals surface area contributed by atoms with Crippen LogP contribution in [0.25, 0.3) is 15.9 Å². The van der Waals surface area contributed by atoms with Crippen LogP contribution in [0.3, 0.4) is 0 Å². The van der Waals surface area contributed by atoms with Crippen LogP contribution in [0.4, 0.5) is 4.39 Å². The van der Waals surface area contributed by atoms with Crippen LogP contribution in [0.5, 0.6) is 0 Å². The maximum atomic E-state index is 14.0. The van der Waals surface area contributed by atoms with Crippen molar-refractivity contribution in [2.75, 3.05) is 0 Å². The zero-order chi connectivity index (χ0) is 19.1. The Morgan fingerprint density at radius 1 is 1.11 bits per heavy atom. The first-order chi connectivity index (χ1) is 13.0. The summed E-state index contributed by atoms with van der Waals surface area (Å²) in [5.74, 6) is -0.466. The molecule has 0 amide bonds. The van der Waals surface area contributed by atoms with E-state index in [-0.39, 0.29) is 12.2 Å². The molecule has 2 aromatic carbocycles. The lowest BCUT2D eigenvalue weighted by atomic mass is 10.2. The predicted octanol–water partition coefficient (Wildman–Crippen LogP) is 4.36. The molecule has 0 N–H and O–H groups in total. The molecule has 0 spiro atoms. The van der Waals surface area contributed by atoms with Gasteiger partial charge in [-0.1, -0.05) is 29.8 Å². The first-order valence-electron chi connectivity index (χ1n) is 8.20.